The van der Waals surface area contributed by atoms with Crippen LogP contribution in [0.2, 0.25) is 10.0 Å². The Kier molecular flexibility index (Phi) is 6.23. The number of carboxylic acid groups (broad SMARTS) is 1. The quantitative estimate of drug-likeness (QED) is 0.633. The molecule has 0 saturated carbocycles. The van der Waals surface area contributed by atoms with Crippen LogP contribution in [-0.2, 0) is 4.79 Å². The smallest absolute Gasteiger partial charge is 0.337 e. The van der Waals surface area contributed by atoms with E-state index in [1.165, 1.54) is 6.20 Å². The molecule has 3 heterocycles. The van der Waals surface area contributed by atoms with Crippen molar-refractivity contribution in [3.8, 4) is 5.75 Å². The van der Waals surface area contributed by atoms with E-state index in [1.54, 1.807) is 44.2 Å². The first kappa shape index (κ1) is 22.7. The minimum atomic E-state index is -1.11. The number of amides is 1. The molecule has 1 aromatic carbocycles. The second-order valence-corrected chi connectivity index (χ2v) is 9.68. The van der Waals surface area contributed by atoms with E-state index in [0.29, 0.717) is 15.8 Å². The van der Waals surface area contributed by atoms with Crippen molar-refractivity contribution >= 4 is 40.9 Å². The largest absolute Gasteiger partial charge is 0.478 e. The van der Waals surface area contributed by atoms with Crippen LogP contribution in [0.5, 0.6) is 5.75 Å². The van der Waals surface area contributed by atoms with Crippen molar-refractivity contribution in [1.82, 2.24) is 10.3 Å². The highest BCUT2D eigenvalue weighted by Gasteiger charge is 2.43. The number of hydrogen-bond donors (Lipinski definition) is 2. The molecular formula is C23H25Cl2N3O4. The van der Waals surface area contributed by atoms with E-state index < -0.39 is 11.6 Å². The van der Waals surface area contributed by atoms with Crippen LogP contribution in [0.3, 0.4) is 0 Å². The summed E-state index contributed by atoms with van der Waals surface area (Å²) in [5, 5.41) is 13.1. The fourth-order valence-corrected chi connectivity index (χ4v) is 5.02. The summed E-state index contributed by atoms with van der Waals surface area (Å²) in [6.07, 6.45) is 5.01. The number of nitrogens with one attached hydrogen (secondary N) is 1. The van der Waals surface area contributed by atoms with Gasteiger partial charge in [0.1, 0.15) is 11.6 Å². The highest BCUT2D eigenvalue weighted by Crippen LogP contribution is 2.39. The van der Waals surface area contributed by atoms with Crippen molar-refractivity contribution < 1.29 is 19.4 Å². The van der Waals surface area contributed by atoms with Crippen LogP contribution in [0, 0.1) is 0 Å². The number of hydrogen-bond acceptors (Lipinski definition) is 5. The van der Waals surface area contributed by atoms with Gasteiger partial charge in [-0.2, -0.15) is 0 Å². The van der Waals surface area contributed by atoms with Crippen LogP contribution < -0.4 is 15.0 Å². The van der Waals surface area contributed by atoms with Gasteiger partial charge in [-0.3, -0.25) is 4.79 Å². The van der Waals surface area contributed by atoms with Crippen LogP contribution in [0.1, 0.15) is 49.9 Å². The zero-order valence-corrected chi connectivity index (χ0v) is 19.4. The molecule has 0 spiro atoms. The summed E-state index contributed by atoms with van der Waals surface area (Å²) in [4.78, 5) is 30.7. The number of aromatic carboxylic acids is 1. The fourth-order valence-electron chi connectivity index (χ4n) is 4.57. The van der Waals surface area contributed by atoms with Crippen molar-refractivity contribution in [2.45, 2.75) is 63.3 Å². The van der Waals surface area contributed by atoms with Gasteiger partial charge >= 0.3 is 5.97 Å². The summed E-state index contributed by atoms with van der Waals surface area (Å²) in [5.41, 5.74) is -0.937. The molecule has 2 bridgehead atoms. The Labute approximate surface area is 196 Å². The van der Waals surface area contributed by atoms with Crippen molar-refractivity contribution in [3.63, 3.8) is 0 Å². The molecule has 32 heavy (non-hydrogen) atoms. The molecule has 7 nitrogen and oxygen atoms in total. The number of benzene rings is 1. The van der Waals surface area contributed by atoms with E-state index in [1.807, 2.05) is 0 Å². The topological polar surface area (TPSA) is 91.8 Å². The summed E-state index contributed by atoms with van der Waals surface area (Å²) in [6, 6.07) is 8.77. The molecule has 2 unspecified atom stereocenters. The van der Waals surface area contributed by atoms with Crippen LogP contribution in [0.25, 0.3) is 0 Å². The van der Waals surface area contributed by atoms with Crippen LogP contribution in [0.4, 0.5) is 5.82 Å². The fraction of sp³-hybridized carbons (Fsp3) is 0.435. The van der Waals surface area contributed by atoms with Gasteiger partial charge in [-0.05, 0) is 69.9 Å². The third-order valence-electron chi connectivity index (χ3n) is 6.13. The van der Waals surface area contributed by atoms with Gasteiger partial charge in [-0.15, -0.1) is 0 Å². The number of carboxylic acids is 1. The molecule has 2 atom stereocenters. The maximum absolute atomic E-state index is 13.0. The molecule has 0 radical (unpaired) electrons. The van der Waals surface area contributed by atoms with E-state index in [9.17, 15) is 9.59 Å². The number of fused-ring (bicyclic) bond motifs is 2. The molecule has 170 valence electrons. The molecule has 2 aromatic rings. The van der Waals surface area contributed by atoms with E-state index in [2.05, 4.69) is 15.2 Å². The van der Waals surface area contributed by atoms with Crippen LogP contribution >= 0.6 is 23.2 Å². The maximum atomic E-state index is 13.0. The number of carbonyl (C=O) groups excluding carboxylic acids is 1. The highest BCUT2D eigenvalue weighted by atomic mass is 35.5. The number of anilines is 1. The van der Waals surface area contributed by atoms with E-state index in [4.69, 9.17) is 33.0 Å². The number of pyridine rings is 1. The Bertz CT molecular complexity index is 1010. The summed E-state index contributed by atoms with van der Waals surface area (Å²) >= 11 is 12.1. The van der Waals surface area contributed by atoms with Gasteiger partial charge in [0.05, 0.1) is 10.6 Å². The van der Waals surface area contributed by atoms with Crippen LogP contribution in [0.15, 0.2) is 36.5 Å². The van der Waals surface area contributed by atoms with Gasteiger partial charge in [-0.25, -0.2) is 9.78 Å². The SMILES string of the molecule is CC(C)(Oc1ccc(Cl)cc1Cl)C(=O)NC1CC2CCC(C1)N2c1ccc(C(=O)O)cn1. The lowest BCUT2D eigenvalue weighted by atomic mass is 9.96. The van der Waals surface area contributed by atoms with E-state index >= 15 is 0 Å². The van der Waals surface area contributed by atoms with Crippen molar-refractivity contribution in [3.05, 3.63) is 52.1 Å². The van der Waals surface area contributed by atoms with Gasteiger partial charge in [0, 0.05) is 29.3 Å². The second kappa shape index (κ2) is 8.79. The van der Waals surface area contributed by atoms with Crippen molar-refractivity contribution in [2.75, 3.05) is 4.90 Å². The number of carbonyl (C=O) groups is 2. The third-order valence-corrected chi connectivity index (χ3v) is 6.66. The van der Waals surface area contributed by atoms with Gasteiger partial charge < -0.3 is 20.1 Å². The number of nitrogens with zero attached hydrogens (tertiary/aromatic N) is 2. The Morgan fingerprint density at radius 2 is 1.84 bits per heavy atom. The zero-order valence-electron chi connectivity index (χ0n) is 17.8. The number of aromatic nitrogens is 1. The predicted octanol–water partition coefficient (Wildman–Crippen LogP) is 4.56. The van der Waals surface area contributed by atoms with Crippen molar-refractivity contribution in [2.24, 2.45) is 0 Å². The summed E-state index contributed by atoms with van der Waals surface area (Å²) in [6.45, 7) is 3.43. The number of rotatable bonds is 6. The molecule has 1 aromatic heterocycles. The monoisotopic (exact) mass is 477 g/mol. The first-order chi connectivity index (χ1) is 15.1. The van der Waals surface area contributed by atoms with E-state index in [0.717, 1.165) is 31.5 Å². The minimum Gasteiger partial charge on any atom is -0.478 e. The lowest BCUT2D eigenvalue weighted by Crippen LogP contribution is -2.55. The average molecular weight is 478 g/mol. The third kappa shape index (κ3) is 4.64. The lowest BCUT2D eigenvalue weighted by Gasteiger charge is -2.40. The number of ether oxygens (including phenoxy) is 1. The molecule has 2 saturated heterocycles. The molecule has 2 aliphatic heterocycles. The Balaban J connectivity index is 1.40. The summed E-state index contributed by atoms with van der Waals surface area (Å²) in [5.74, 6) is -0.00114. The summed E-state index contributed by atoms with van der Waals surface area (Å²) in [7, 11) is 0. The first-order valence-electron chi connectivity index (χ1n) is 10.6. The minimum absolute atomic E-state index is 0.0260. The second-order valence-electron chi connectivity index (χ2n) is 8.83. The zero-order chi connectivity index (χ0) is 23.0. The average Bonchev–Trinajstić information content (AvgIpc) is 3.00. The van der Waals surface area contributed by atoms with Crippen LogP contribution in [-0.4, -0.2) is 45.7 Å². The number of piperidine rings is 1. The highest BCUT2D eigenvalue weighted by molar-refractivity contribution is 6.35. The Morgan fingerprint density at radius 3 is 2.41 bits per heavy atom. The Hall–Kier alpha value is -2.51. The molecule has 0 aliphatic carbocycles. The molecular weight excluding hydrogens is 453 g/mol. The maximum Gasteiger partial charge on any atom is 0.337 e. The van der Waals surface area contributed by atoms with Gasteiger partial charge in [-0.1, -0.05) is 23.2 Å². The molecule has 2 N–H and O–H groups in total. The Morgan fingerprint density at radius 1 is 1.16 bits per heavy atom. The van der Waals surface area contributed by atoms with Gasteiger partial charge in [0.15, 0.2) is 5.60 Å². The molecule has 4 rings (SSSR count). The molecule has 1 amide bonds. The van der Waals surface area contributed by atoms with Gasteiger partial charge in [0.2, 0.25) is 0 Å². The standard InChI is InChI=1S/C23H25Cl2N3O4/c1-23(2,32-19-7-4-14(24)9-18(19)25)22(31)27-15-10-16-5-6-17(11-15)28(16)20-8-3-13(12-26-20)21(29)30/h3-4,7-9,12,15-17H,5-6,10-11H2,1-2H3,(H,27,31)(H,29,30). The van der Waals surface area contributed by atoms with E-state index in [-0.39, 0.29) is 29.6 Å². The first-order valence-corrected chi connectivity index (χ1v) is 11.3. The van der Waals surface area contributed by atoms with Crippen molar-refractivity contribution in [1.29, 1.82) is 0 Å². The summed E-state index contributed by atoms with van der Waals surface area (Å²) < 4.78 is 5.91. The van der Waals surface area contributed by atoms with Gasteiger partial charge in [0.25, 0.3) is 5.91 Å². The molecule has 9 heteroatoms. The molecule has 2 aliphatic rings. The number of halogens is 2. The normalized spacial score (nSPS) is 22.5. The lowest BCUT2D eigenvalue weighted by molar-refractivity contribution is -0.135. The molecule has 2 fully saturated rings. The predicted molar refractivity (Wildman–Crippen MR) is 123 cm³/mol.